The van der Waals surface area contributed by atoms with Crippen molar-refractivity contribution in [3.63, 3.8) is 0 Å². The van der Waals surface area contributed by atoms with E-state index in [0.717, 1.165) is 13.0 Å². The minimum atomic E-state index is -1.08. The number of benzene rings is 1. The van der Waals surface area contributed by atoms with Crippen molar-refractivity contribution in [1.29, 1.82) is 0 Å². The fourth-order valence-electron chi connectivity index (χ4n) is 1.74. The van der Waals surface area contributed by atoms with Gasteiger partial charge in [-0.05, 0) is 45.3 Å². The lowest BCUT2D eigenvalue weighted by Crippen LogP contribution is -2.33. The maximum Gasteiger partial charge on any atom is 0.337 e. The fraction of sp³-hybridized carbons (Fsp3) is 0.429. The number of urea groups is 1. The second-order valence-electron chi connectivity index (χ2n) is 5.00. The fourth-order valence-corrected chi connectivity index (χ4v) is 2.10. The smallest absolute Gasteiger partial charge is 0.337 e. The Labute approximate surface area is 132 Å². The van der Waals surface area contributed by atoms with Crippen molar-refractivity contribution in [1.82, 2.24) is 9.80 Å². The van der Waals surface area contributed by atoms with Gasteiger partial charge in [0.1, 0.15) is 0 Å². The zero-order valence-corrected chi connectivity index (χ0v) is 14.0. The number of nitrogens with one attached hydrogen (secondary N) is 1. The van der Waals surface area contributed by atoms with Crippen LogP contribution in [0, 0.1) is 0 Å². The van der Waals surface area contributed by atoms with Gasteiger partial charge in [0, 0.05) is 18.1 Å². The third-order valence-electron chi connectivity index (χ3n) is 2.90. The van der Waals surface area contributed by atoms with E-state index in [4.69, 9.17) is 5.11 Å². The van der Waals surface area contributed by atoms with Crippen molar-refractivity contribution in [2.75, 3.05) is 39.5 Å². The Bertz CT molecular complexity index is 520. The molecule has 0 spiro atoms. The van der Waals surface area contributed by atoms with Crippen molar-refractivity contribution in [3.05, 3.63) is 28.2 Å². The molecule has 0 atom stereocenters. The number of carboxylic acids is 1. The van der Waals surface area contributed by atoms with E-state index in [0.29, 0.717) is 11.0 Å². The first-order chi connectivity index (χ1) is 9.81. The van der Waals surface area contributed by atoms with E-state index in [-0.39, 0.29) is 17.3 Å². The number of halogens is 1. The first-order valence-corrected chi connectivity index (χ1v) is 7.30. The number of amides is 2. The number of carbonyl (C=O) groups is 2. The highest BCUT2D eigenvalue weighted by Gasteiger charge is 2.15. The van der Waals surface area contributed by atoms with Crippen LogP contribution in [0.4, 0.5) is 10.5 Å². The van der Waals surface area contributed by atoms with Crippen LogP contribution in [0.2, 0.25) is 0 Å². The summed E-state index contributed by atoms with van der Waals surface area (Å²) in [5.41, 5.74) is 0.342. The number of aromatic carboxylic acids is 1. The summed E-state index contributed by atoms with van der Waals surface area (Å²) in [7, 11) is 5.63. The van der Waals surface area contributed by atoms with Gasteiger partial charge in [0.05, 0.1) is 11.3 Å². The standard InChI is InChI=1S/C14H20BrN3O3/c1-17(2)7-4-8-18(3)14(21)16-12-9-10(15)5-6-11(12)13(19)20/h5-6,9H,4,7-8H2,1-3H3,(H,16,21)(H,19,20). The van der Waals surface area contributed by atoms with Crippen LogP contribution in [-0.2, 0) is 0 Å². The Kier molecular flexibility index (Phi) is 6.64. The second kappa shape index (κ2) is 7.99. The van der Waals surface area contributed by atoms with Gasteiger partial charge >= 0.3 is 12.0 Å². The molecule has 1 aromatic rings. The molecule has 7 heteroatoms. The summed E-state index contributed by atoms with van der Waals surface area (Å²) >= 11 is 3.27. The van der Waals surface area contributed by atoms with Gasteiger partial charge in [-0.15, -0.1) is 0 Å². The van der Waals surface area contributed by atoms with E-state index in [9.17, 15) is 9.59 Å². The van der Waals surface area contributed by atoms with Gasteiger partial charge in [0.25, 0.3) is 0 Å². The number of anilines is 1. The first-order valence-electron chi connectivity index (χ1n) is 6.51. The zero-order chi connectivity index (χ0) is 16.0. The van der Waals surface area contributed by atoms with Crippen LogP contribution < -0.4 is 5.32 Å². The summed E-state index contributed by atoms with van der Waals surface area (Å²) in [4.78, 5) is 26.8. The van der Waals surface area contributed by atoms with Gasteiger partial charge < -0.3 is 20.2 Å². The Hall–Kier alpha value is -1.60. The molecule has 0 aliphatic carbocycles. The highest BCUT2D eigenvalue weighted by molar-refractivity contribution is 9.10. The first kappa shape index (κ1) is 17.5. The highest BCUT2D eigenvalue weighted by Crippen LogP contribution is 2.21. The molecule has 1 aromatic carbocycles. The third-order valence-corrected chi connectivity index (χ3v) is 3.39. The molecule has 2 N–H and O–H groups in total. The van der Waals surface area contributed by atoms with Gasteiger partial charge in [-0.3, -0.25) is 0 Å². The molecule has 116 valence electrons. The van der Waals surface area contributed by atoms with Crippen molar-refractivity contribution < 1.29 is 14.7 Å². The Morgan fingerprint density at radius 1 is 1.24 bits per heavy atom. The van der Waals surface area contributed by atoms with E-state index in [1.165, 1.54) is 11.0 Å². The summed E-state index contributed by atoms with van der Waals surface area (Å²) in [5.74, 6) is -1.08. The molecule has 1 rings (SSSR count). The molecule has 6 nitrogen and oxygen atoms in total. The average molecular weight is 358 g/mol. The molecule has 0 aliphatic rings. The Morgan fingerprint density at radius 3 is 2.48 bits per heavy atom. The van der Waals surface area contributed by atoms with Crippen LogP contribution in [0.1, 0.15) is 16.8 Å². The van der Waals surface area contributed by atoms with Gasteiger partial charge in [-0.2, -0.15) is 0 Å². The van der Waals surface area contributed by atoms with Crippen LogP contribution in [0.25, 0.3) is 0 Å². The van der Waals surface area contributed by atoms with Crippen molar-refractivity contribution >= 4 is 33.6 Å². The predicted molar refractivity (Wildman–Crippen MR) is 85.9 cm³/mol. The van der Waals surface area contributed by atoms with E-state index >= 15 is 0 Å². The number of hydrogen-bond donors (Lipinski definition) is 2. The molecule has 0 radical (unpaired) electrons. The lowest BCUT2D eigenvalue weighted by molar-refractivity contribution is 0.0698. The Balaban J connectivity index is 2.69. The van der Waals surface area contributed by atoms with Gasteiger partial charge in [0.15, 0.2) is 0 Å². The molecule has 0 fully saturated rings. The molecule has 0 saturated heterocycles. The van der Waals surface area contributed by atoms with Crippen LogP contribution in [0.5, 0.6) is 0 Å². The maximum atomic E-state index is 12.1. The normalized spacial score (nSPS) is 10.5. The maximum absolute atomic E-state index is 12.1. The number of nitrogens with zero attached hydrogens (tertiary/aromatic N) is 2. The van der Waals surface area contributed by atoms with E-state index in [1.54, 1.807) is 19.2 Å². The minimum Gasteiger partial charge on any atom is -0.478 e. The summed E-state index contributed by atoms with van der Waals surface area (Å²) in [6, 6.07) is 4.33. The summed E-state index contributed by atoms with van der Waals surface area (Å²) in [6.07, 6.45) is 0.848. The van der Waals surface area contributed by atoms with Gasteiger partial charge in [0.2, 0.25) is 0 Å². The molecule has 0 unspecified atom stereocenters. The van der Waals surface area contributed by atoms with Crippen LogP contribution in [-0.4, -0.2) is 61.1 Å². The molecular formula is C14H20BrN3O3. The number of hydrogen-bond acceptors (Lipinski definition) is 3. The topological polar surface area (TPSA) is 72.9 Å². The minimum absolute atomic E-state index is 0.0632. The summed E-state index contributed by atoms with van der Waals surface area (Å²) < 4.78 is 0.707. The molecule has 0 aromatic heterocycles. The molecule has 0 aliphatic heterocycles. The monoisotopic (exact) mass is 357 g/mol. The van der Waals surface area contributed by atoms with Crippen LogP contribution >= 0.6 is 15.9 Å². The molecule has 0 bridgehead atoms. The zero-order valence-electron chi connectivity index (χ0n) is 12.4. The predicted octanol–water partition coefficient (Wildman–Crippen LogP) is 2.56. The Morgan fingerprint density at radius 2 is 1.90 bits per heavy atom. The molecule has 0 heterocycles. The third kappa shape index (κ3) is 5.73. The lowest BCUT2D eigenvalue weighted by atomic mass is 10.2. The second-order valence-corrected chi connectivity index (χ2v) is 5.92. The van der Waals surface area contributed by atoms with Gasteiger partial charge in [-0.1, -0.05) is 15.9 Å². The van der Waals surface area contributed by atoms with E-state index in [2.05, 4.69) is 21.2 Å². The average Bonchev–Trinajstić information content (AvgIpc) is 2.37. The van der Waals surface area contributed by atoms with Crippen molar-refractivity contribution in [2.24, 2.45) is 0 Å². The molecule has 0 saturated carbocycles. The molecule has 21 heavy (non-hydrogen) atoms. The summed E-state index contributed by atoms with van der Waals surface area (Å²) in [6.45, 7) is 1.48. The molecular weight excluding hydrogens is 338 g/mol. The van der Waals surface area contributed by atoms with E-state index < -0.39 is 5.97 Å². The van der Waals surface area contributed by atoms with Gasteiger partial charge in [-0.25, -0.2) is 9.59 Å². The summed E-state index contributed by atoms with van der Waals surface area (Å²) in [5, 5.41) is 11.8. The lowest BCUT2D eigenvalue weighted by Gasteiger charge is -2.20. The largest absolute Gasteiger partial charge is 0.478 e. The van der Waals surface area contributed by atoms with Crippen molar-refractivity contribution in [2.45, 2.75) is 6.42 Å². The molecule has 2 amide bonds. The SMILES string of the molecule is CN(C)CCCN(C)C(=O)Nc1cc(Br)ccc1C(=O)O. The quantitative estimate of drug-likeness (QED) is 0.820. The highest BCUT2D eigenvalue weighted by atomic mass is 79.9. The number of carboxylic acid groups (broad SMARTS) is 1. The number of carbonyl (C=O) groups excluding carboxylic acids is 1. The van der Waals surface area contributed by atoms with Crippen LogP contribution in [0.3, 0.4) is 0 Å². The number of rotatable bonds is 6. The van der Waals surface area contributed by atoms with E-state index in [1.807, 2.05) is 19.0 Å². The van der Waals surface area contributed by atoms with Crippen LogP contribution in [0.15, 0.2) is 22.7 Å². The van der Waals surface area contributed by atoms with Crippen molar-refractivity contribution in [3.8, 4) is 0 Å².